The van der Waals surface area contributed by atoms with Gasteiger partial charge in [-0.3, -0.25) is 14.4 Å². The van der Waals surface area contributed by atoms with Gasteiger partial charge in [0.15, 0.2) is 5.65 Å². The molecule has 5 rings (SSSR count). The second-order valence-electron chi connectivity index (χ2n) is 8.45. The zero-order valence-electron chi connectivity index (χ0n) is 19.4. The summed E-state index contributed by atoms with van der Waals surface area (Å²) < 4.78 is 36.1. The lowest BCUT2D eigenvalue weighted by Crippen LogP contribution is -2.48. The van der Waals surface area contributed by atoms with Crippen molar-refractivity contribution in [2.75, 3.05) is 33.3 Å². The largest absolute Gasteiger partial charge is 0.496 e. The van der Waals surface area contributed by atoms with Crippen molar-refractivity contribution in [3.63, 3.8) is 0 Å². The molecule has 1 amide bonds. The lowest BCUT2D eigenvalue weighted by Gasteiger charge is -2.34. The molecule has 0 bridgehead atoms. The van der Waals surface area contributed by atoms with Gasteiger partial charge in [-0.25, -0.2) is 18.3 Å². The maximum absolute atomic E-state index is 13.9. The van der Waals surface area contributed by atoms with Crippen molar-refractivity contribution in [2.45, 2.75) is 13.0 Å². The van der Waals surface area contributed by atoms with Crippen molar-refractivity contribution in [2.24, 2.45) is 7.05 Å². The first-order chi connectivity index (χ1) is 16.9. The minimum atomic E-state index is -2.80. The van der Waals surface area contributed by atoms with Crippen molar-refractivity contribution >= 4 is 11.6 Å². The number of hydrogen-bond acceptors (Lipinski definition) is 6. The summed E-state index contributed by atoms with van der Waals surface area (Å²) in [5, 5.41) is 8.28. The number of para-hydroxylation sites is 1. The van der Waals surface area contributed by atoms with E-state index < -0.39 is 6.43 Å². The van der Waals surface area contributed by atoms with Crippen LogP contribution in [0.15, 0.2) is 48.9 Å². The fourth-order valence-corrected chi connectivity index (χ4v) is 4.38. The Bertz CT molecular complexity index is 1360. The van der Waals surface area contributed by atoms with Crippen LogP contribution in [0.25, 0.3) is 16.9 Å². The monoisotopic (exact) mass is 481 g/mol. The first-order valence-electron chi connectivity index (χ1n) is 11.2. The van der Waals surface area contributed by atoms with Crippen molar-refractivity contribution in [3.8, 4) is 17.0 Å². The number of aryl methyl sites for hydroxylation is 1. The maximum atomic E-state index is 13.9. The Morgan fingerprint density at radius 1 is 1.11 bits per heavy atom. The zero-order chi connectivity index (χ0) is 24.5. The minimum absolute atomic E-state index is 0.103. The molecule has 1 aromatic carbocycles. The van der Waals surface area contributed by atoms with Gasteiger partial charge in [-0.15, -0.1) is 0 Å². The van der Waals surface area contributed by atoms with Crippen molar-refractivity contribution in [3.05, 3.63) is 65.7 Å². The predicted molar refractivity (Wildman–Crippen MR) is 124 cm³/mol. The fraction of sp³-hybridized carbons (Fsp3) is 0.333. The zero-order valence-corrected chi connectivity index (χ0v) is 19.4. The number of fused-ring (bicyclic) bond motifs is 1. The topological polar surface area (TPSA) is 80.8 Å². The summed E-state index contributed by atoms with van der Waals surface area (Å²) in [6.07, 6.45) is 2.34. The first kappa shape index (κ1) is 22.9. The van der Waals surface area contributed by atoms with Crippen LogP contribution in [-0.4, -0.2) is 73.4 Å². The van der Waals surface area contributed by atoms with Gasteiger partial charge in [-0.05, 0) is 18.2 Å². The highest BCUT2D eigenvalue weighted by Gasteiger charge is 2.27. The Morgan fingerprint density at radius 2 is 1.89 bits per heavy atom. The number of carbonyl (C=O) groups excluding carboxylic acids is 1. The van der Waals surface area contributed by atoms with Gasteiger partial charge in [0.1, 0.15) is 17.0 Å². The number of halogens is 2. The molecule has 1 aliphatic rings. The van der Waals surface area contributed by atoms with E-state index in [1.54, 1.807) is 33.8 Å². The van der Waals surface area contributed by atoms with Crippen LogP contribution in [0.5, 0.6) is 5.75 Å². The number of benzene rings is 1. The molecule has 0 atom stereocenters. The highest BCUT2D eigenvalue weighted by Crippen LogP contribution is 2.32. The molecule has 1 aliphatic heterocycles. The van der Waals surface area contributed by atoms with Crippen LogP contribution in [0.2, 0.25) is 0 Å². The fourth-order valence-electron chi connectivity index (χ4n) is 4.38. The van der Waals surface area contributed by atoms with E-state index in [-0.39, 0.29) is 22.8 Å². The van der Waals surface area contributed by atoms with E-state index in [1.165, 1.54) is 19.4 Å². The molecule has 4 aromatic rings. The molecule has 9 nitrogen and oxygen atoms in total. The molecule has 1 saturated heterocycles. The molecule has 0 N–H and O–H groups in total. The van der Waals surface area contributed by atoms with Gasteiger partial charge in [0.25, 0.3) is 12.3 Å². The average Bonchev–Trinajstić information content (AvgIpc) is 3.49. The van der Waals surface area contributed by atoms with Gasteiger partial charge in [0.2, 0.25) is 0 Å². The Morgan fingerprint density at radius 3 is 2.57 bits per heavy atom. The second-order valence-corrected chi connectivity index (χ2v) is 8.45. The van der Waals surface area contributed by atoms with E-state index in [0.717, 1.165) is 16.6 Å². The molecule has 0 spiro atoms. The molecule has 0 unspecified atom stereocenters. The molecule has 11 heteroatoms. The van der Waals surface area contributed by atoms with E-state index in [1.807, 2.05) is 19.4 Å². The third-order valence-corrected chi connectivity index (χ3v) is 6.16. The number of rotatable bonds is 6. The number of piperazine rings is 1. The van der Waals surface area contributed by atoms with Gasteiger partial charge in [-0.2, -0.15) is 10.2 Å². The van der Waals surface area contributed by atoms with E-state index in [0.29, 0.717) is 43.2 Å². The molecule has 0 aliphatic carbocycles. The highest BCUT2D eigenvalue weighted by molar-refractivity contribution is 6.00. The Balaban J connectivity index is 1.42. The van der Waals surface area contributed by atoms with Crippen LogP contribution in [0.3, 0.4) is 0 Å². The number of nitrogens with zero attached hydrogens (tertiary/aromatic N) is 7. The van der Waals surface area contributed by atoms with Crippen LogP contribution in [0.4, 0.5) is 8.78 Å². The van der Waals surface area contributed by atoms with Gasteiger partial charge in [0.05, 0.1) is 25.2 Å². The Labute approximate surface area is 200 Å². The average molecular weight is 482 g/mol. The lowest BCUT2D eigenvalue weighted by molar-refractivity contribution is 0.0630. The summed E-state index contributed by atoms with van der Waals surface area (Å²) in [5.41, 5.74) is 1.93. The molecule has 1 fully saturated rings. The molecule has 182 valence electrons. The van der Waals surface area contributed by atoms with Crippen LogP contribution in [0, 0.1) is 0 Å². The normalized spacial score (nSPS) is 14.7. The smallest absolute Gasteiger partial charge is 0.280 e. The molecule has 0 saturated carbocycles. The molecule has 0 radical (unpaired) electrons. The lowest BCUT2D eigenvalue weighted by atomic mass is 10.1. The molecular weight excluding hydrogens is 456 g/mol. The summed E-state index contributed by atoms with van der Waals surface area (Å²) in [5.74, 6) is 0.229. The second kappa shape index (κ2) is 9.41. The number of hydrogen-bond donors (Lipinski definition) is 0. The summed E-state index contributed by atoms with van der Waals surface area (Å²) >= 11 is 0. The van der Waals surface area contributed by atoms with E-state index in [2.05, 4.69) is 20.1 Å². The Hall–Kier alpha value is -3.86. The number of carbonyl (C=O) groups is 1. The molecule has 4 heterocycles. The van der Waals surface area contributed by atoms with E-state index >= 15 is 0 Å². The third-order valence-electron chi connectivity index (χ3n) is 6.16. The number of ether oxygens (including phenoxy) is 1. The van der Waals surface area contributed by atoms with Crippen molar-refractivity contribution < 1.29 is 18.3 Å². The summed E-state index contributed by atoms with van der Waals surface area (Å²) in [6.45, 7) is 3.19. The Kier molecular flexibility index (Phi) is 6.16. The van der Waals surface area contributed by atoms with E-state index in [4.69, 9.17) is 4.74 Å². The number of aromatic nitrogens is 5. The van der Waals surface area contributed by atoms with Crippen LogP contribution < -0.4 is 4.74 Å². The van der Waals surface area contributed by atoms with Gasteiger partial charge >= 0.3 is 0 Å². The first-order valence-corrected chi connectivity index (χ1v) is 11.2. The number of alkyl halides is 2. The molecular formula is C24H25F2N7O2. The quantitative estimate of drug-likeness (QED) is 0.421. The number of amides is 1. The van der Waals surface area contributed by atoms with Crippen molar-refractivity contribution in [1.82, 2.24) is 34.2 Å². The maximum Gasteiger partial charge on any atom is 0.280 e. The summed E-state index contributed by atoms with van der Waals surface area (Å²) in [6, 6.07) is 8.33. The number of methoxy groups -OCH3 is 1. The van der Waals surface area contributed by atoms with Crippen LogP contribution >= 0.6 is 0 Å². The third kappa shape index (κ3) is 4.46. The van der Waals surface area contributed by atoms with Crippen LogP contribution in [-0.2, 0) is 13.6 Å². The van der Waals surface area contributed by atoms with Gasteiger partial charge in [0, 0.05) is 57.1 Å². The van der Waals surface area contributed by atoms with Gasteiger partial charge in [-0.1, -0.05) is 12.1 Å². The summed E-state index contributed by atoms with van der Waals surface area (Å²) in [4.78, 5) is 21.9. The van der Waals surface area contributed by atoms with Crippen LogP contribution in [0.1, 0.15) is 28.0 Å². The van der Waals surface area contributed by atoms with E-state index in [9.17, 15) is 13.6 Å². The van der Waals surface area contributed by atoms with Crippen molar-refractivity contribution in [1.29, 1.82) is 0 Å². The highest BCUT2D eigenvalue weighted by atomic mass is 19.3. The predicted octanol–water partition coefficient (Wildman–Crippen LogP) is 3.03. The summed E-state index contributed by atoms with van der Waals surface area (Å²) in [7, 11) is 3.39. The molecule has 35 heavy (non-hydrogen) atoms. The standard InChI is InChI=1S/C24H25F2N7O2/c1-30-14-16(12-27-30)15-31-7-9-32(10-8-31)24(34)18-13-28-33-20(22(25)26)11-19(29-23(18)33)17-5-3-4-6-21(17)35-2/h3-6,11-14,22H,7-10,15H2,1-2H3. The van der Waals surface area contributed by atoms with Gasteiger partial charge < -0.3 is 9.64 Å². The molecule has 3 aromatic heterocycles. The minimum Gasteiger partial charge on any atom is -0.496 e. The SMILES string of the molecule is COc1ccccc1-c1cc(C(F)F)n2ncc(C(=O)N3CCN(Cc4cnn(C)c4)CC3)c2n1.